The SMILES string of the molecule is CN(CCCNC(=O)c1cccc(CN2C(=O)c3ccccc3C2=O)c1)Cc1ccccc1. The summed E-state index contributed by atoms with van der Waals surface area (Å²) in [5, 5.41) is 2.96. The van der Waals surface area contributed by atoms with Gasteiger partial charge in [0.1, 0.15) is 0 Å². The van der Waals surface area contributed by atoms with E-state index in [9.17, 15) is 14.4 Å². The first-order valence-electron chi connectivity index (χ1n) is 11.1. The highest BCUT2D eigenvalue weighted by Gasteiger charge is 2.34. The molecule has 4 rings (SSSR count). The van der Waals surface area contributed by atoms with Crippen LogP contribution in [0.25, 0.3) is 0 Å². The van der Waals surface area contributed by atoms with Crippen LogP contribution in [0.3, 0.4) is 0 Å². The first kappa shape index (κ1) is 22.4. The van der Waals surface area contributed by atoms with Crippen molar-refractivity contribution in [2.24, 2.45) is 0 Å². The van der Waals surface area contributed by atoms with Crippen molar-refractivity contribution in [3.63, 3.8) is 0 Å². The molecule has 168 valence electrons. The fourth-order valence-corrected chi connectivity index (χ4v) is 4.00. The van der Waals surface area contributed by atoms with E-state index in [1.54, 1.807) is 42.5 Å². The van der Waals surface area contributed by atoms with Crippen LogP contribution in [-0.4, -0.2) is 47.7 Å². The van der Waals surface area contributed by atoms with Gasteiger partial charge in [-0.2, -0.15) is 0 Å². The molecule has 6 nitrogen and oxygen atoms in total. The van der Waals surface area contributed by atoms with E-state index in [2.05, 4.69) is 29.4 Å². The van der Waals surface area contributed by atoms with Gasteiger partial charge in [0, 0.05) is 18.7 Å². The zero-order chi connectivity index (χ0) is 23.2. The molecule has 3 amide bonds. The number of imide groups is 1. The molecule has 1 heterocycles. The summed E-state index contributed by atoms with van der Waals surface area (Å²) < 4.78 is 0. The van der Waals surface area contributed by atoms with Crippen molar-refractivity contribution in [1.82, 2.24) is 15.1 Å². The third kappa shape index (κ3) is 5.35. The average molecular weight is 442 g/mol. The normalized spacial score (nSPS) is 12.8. The van der Waals surface area contributed by atoms with Crippen LogP contribution in [0.2, 0.25) is 0 Å². The molecule has 0 aromatic heterocycles. The topological polar surface area (TPSA) is 69.7 Å². The molecule has 0 bridgehead atoms. The Morgan fingerprint density at radius 1 is 0.848 bits per heavy atom. The fourth-order valence-electron chi connectivity index (χ4n) is 4.00. The van der Waals surface area contributed by atoms with E-state index in [-0.39, 0.29) is 24.3 Å². The minimum Gasteiger partial charge on any atom is -0.352 e. The number of benzene rings is 3. The second-order valence-electron chi connectivity index (χ2n) is 8.28. The van der Waals surface area contributed by atoms with E-state index in [0.717, 1.165) is 25.1 Å². The van der Waals surface area contributed by atoms with Gasteiger partial charge in [-0.1, -0.05) is 54.6 Å². The lowest BCUT2D eigenvalue weighted by Crippen LogP contribution is -2.30. The van der Waals surface area contributed by atoms with Gasteiger partial charge in [0.2, 0.25) is 0 Å². The van der Waals surface area contributed by atoms with Crippen LogP contribution in [0.15, 0.2) is 78.9 Å². The van der Waals surface area contributed by atoms with Gasteiger partial charge in [-0.3, -0.25) is 19.3 Å². The van der Waals surface area contributed by atoms with E-state index in [0.29, 0.717) is 23.2 Å². The number of carbonyl (C=O) groups is 3. The molecule has 3 aromatic carbocycles. The predicted molar refractivity (Wildman–Crippen MR) is 127 cm³/mol. The van der Waals surface area contributed by atoms with Crippen molar-refractivity contribution in [3.8, 4) is 0 Å². The number of nitrogens with one attached hydrogen (secondary N) is 1. The van der Waals surface area contributed by atoms with Crippen molar-refractivity contribution in [2.45, 2.75) is 19.5 Å². The first-order valence-corrected chi connectivity index (χ1v) is 11.1. The zero-order valence-electron chi connectivity index (χ0n) is 18.7. The molecule has 6 heteroatoms. The predicted octanol–water partition coefficient (Wildman–Crippen LogP) is 3.73. The molecule has 0 saturated carbocycles. The van der Waals surface area contributed by atoms with E-state index in [4.69, 9.17) is 0 Å². The van der Waals surface area contributed by atoms with Crippen LogP contribution in [0, 0.1) is 0 Å². The highest BCUT2D eigenvalue weighted by molar-refractivity contribution is 6.21. The van der Waals surface area contributed by atoms with Gasteiger partial charge in [-0.05, 0) is 55.4 Å². The molecule has 0 radical (unpaired) electrons. The highest BCUT2D eigenvalue weighted by Crippen LogP contribution is 2.24. The van der Waals surface area contributed by atoms with Gasteiger partial charge in [0.05, 0.1) is 17.7 Å². The number of nitrogens with zero attached hydrogens (tertiary/aromatic N) is 2. The van der Waals surface area contributed by atoms with Crippen molar-refractivity contribution >= 4 is 17.7 Å². The summed E-state index contributed by atoms with van der Waals surface area (Å²) in [5.74, 6) is -0.764. The van der Waals surface area contributed by atoms with Gasteiger partial charge in [0.25, 0.3) is 17.7 Å². The third-order valence-corrected chi connectivity index (χ3v) is 5.71. The minimum atomic E-state index is -0.301. The Morgan fingerprint density at radius 2 is 1.48 bits per heavy atom. The number of hydrogen-bond donors (Lipinski definition) is 1. The summed E-state index contributed by atoms with van der Waals surface area (Å²) in [6.45, 7) is 2.45. The molecule has 3 aromatic rings. The van der Waals surface area contributed by atoms with E-state index < -0.39 is 0 Å². The quantitative estimate of drug-likeness (QED) is 0.406. The Kier molecular flexibility index (Phi) is 6.95. The van der Waals surface area contributed by atoms with Gasteiger partial charge >= 0.3 is 0 Å². The molecule has 0 unspecified atom stereocenters. The second-order valence-corrected chi connectivity index (χ2v) is 8.28. The molecule has 1 aliphatic heterocycles. The summed E-state index contributed by atoms with van der Waals surface area (Å²) in [6.07, 6.45) is 0.837. The van der Waals surface area contributed by atoms with Crippen molar-refractivity contribution in [3.05, 3.63) is 107 Å². The number of carbonyl (C=O) groups excluding carboxylic acids is 3. The van der Waals surface area contributed by atoms with E-state index in [1.807, 2.05) is 24.3 Å². The Bertz CT molecular complexity index is 1130. The Labute approximate surface area is 193 Å². The van der Waals surface area contributed by atoms with Gasteiger partial charge in [0.15, 0.2) is 0 Å². The average Bonchev–Trinajstić information content (AvgIpc) is 3.07. The lowest BCUT2D eigenvalue weighted by molar-refractivity contribution is 0.0642. The fraction of sp³-hybridized carbons (Fsp3) is 0.222. The lowest BCUT2D eigenvalue weighted by atomic mass is 10.1. The Balaban J connectivity index is 1.28. The van der Waals surface area contributed by atoms with Crippen molar-refractivity contribution in [2.75, 3.05) is 20.1 Å². The second kappa shape index (κ2) is 10.2. The molecule has 0 aliphatic carbocycles. The van der Waals surface area contributed by atoms with Gasteiger partial charge in [-0.15, -0.1) is 0 Å². The Morgan fingerprint density at radius 3 is 2.18 bits per heavy atom. The minimum absolute atomic E-state index is 0.137. The molecular formula is C27H27N3O3. The maximum absolute atomic E-state index is 12.6. The molecule has 0 atom stereocenters. The lowest BCUT2D eigenvalue weighted by Gasteiger charge is -2.17. The van der Waals surface area contributed by atoms with Crippen LogP contribution >= 0.6 is 0 Å². The zero-order valence-corrected chi connectivity index (χ0v) is 18.7. The van der Waals surface area contributed by atoms with Crippen LogP contribution in [0.5, 0.6) is 0 Å². The van der Waals surface area contributed by atoms with Crippen LogP contribution in [-0.2, 0) is 13.1 Å². The summed E-state index contributed by atoms with van der Waals surface area (Å²) in [7, 11) is 2.07. The standard InChI is InChI=1S/C27H27N3O3/c1-29(18-20-9-3-2-4-10-20)16-8-15-28-25(31)22-12-7-11-21(17-22)19-30-26(32)23-13-5-6-14-24(23)27(30)33/h2-7,9-14,17H,8,15-16,18-19H2,1H3,(H,28,31). The molecule has 0 saturated heterocycles. The number of hydrogen-bond acceptors (Lipinski definition) is 4. The summed E-state index contributed by atoms with van der Waals surface area (Å²) in [5.41, 5.74) is 3.36. The molecule has 0 spiro atoms. The van der Waals surface area contributed by atoms with Crippen molar-refractivity contribution < 1.29 is 14.4 Å². The molecule has 1 aliphatic rings. The van der Waals surface area contributed by atoms with Crippen molar-refractivity contribution in [1.29, 1.82) is 0 Å². The van der Waals surface area contributed by atoms with Crippen LogP contribution in [0.1, 0.15) is 48.6 Å². The largest absolute Gasteiger partial charge is 0.352 e. The maximum Gasteiger partial charge on any atom is 0.261 e. The molecular weight excluding hydrogens is 414 g/mol. The molecule has 33 heavy (non-hydrogen) atoms. The van der Waals surface area contributed by atoms with Gasteiger partial charge in [-0.25, -0.2) is 0 Å². The highest BCUT2D eigenvalue weighted by atomic mass is 16.2. The van der Waals surface area contributed by atoms with E-state index in [1.165, 1.54) is 10.5 Å². The number of rotatable bonds is 9. The molecule has 1 N–H and O–H groups in total. The van der Waals surface area contributed by atoms with Crippen LogP contribution < -0.4 is 5.32 Å². The van der Waals surface area contributed by atoms with E-state index >= 15 is 0 Å². The summed E-state index contributed by atoms with van der Waals surface area (Å²) >= 11 is 0. The van der Waals surface area contributed by atoms with Crippen LogP contribution in [0.4, 0.5) is 0 Å². The maximum atomic E-state index is 12.6. The third-order valence-electron chi connectivity index (χ3n) is 5.71. The Hall–Kier alpha value is -3.77. The number of amides is 3. The first-order chi connectivity index (χ1) is 16.0. The monoisotopic (exact) mass is 441 g/mol. The summed E-state index contributed by atoms with van der Waals surface area (Å²) in [6, 6.07) is 24.2. The number of fused-ring (bicyclic) bond motifs is 1. The van der Waals surface area contributed by atoms with Gasteiger partial charge < -0.3 is 10.2 Å². The molecule has 0 fully saturated rings. The smallest absolute Gasteiger partial charge is 0.261 e. The summed E-state index contributed by atoms with van der Waals surface area (Å²) in [4.78, 5) is 41.3.